The summed E-state index contributed by atoms with van der Waals surface area (Å²) in [5.74, 6) is 2.04. The average molecular weight is 286 g/mol. The molecule has 2 aromatic heterocycles. The van der Waals surface area contributed by atoms with Gasteiger partial charge >= 0.3 is 0 Å². The molecule has 0 spiro atoms. The second kappa shape index (κ2) is 5.90. The van der Waals surface area contributed by atoms with E-state index in [1.54, 1.807) is 18.6 Å². The third-order valence-corrected chi connectivity index (χ3v) is 3.59. The Morgan fingerprint density at radius 3 is 3.00 bits per heavy atom. The number of anilines is 1. The van der Waals surface area contributed by atoms with Crippen molar-refractivity contribution in [3.8, 4) is 0 Å². The molecule has 1 aliphatic heterocycles. The zero-order valence-electron chi connectivity index (χ0n) is 11.9. The molecule has 3 rings (SSSR count). The Morgan fingerprint density at radius 2 is 2.24 bits per heavy atom. The number of amides is 1. The van der Waals surface area contributed by atoms with Gasteiger partial charge in [0.05, 0.1) is 18.4 Å². The summed E-state index contributed by atoms with van der Waals surface area (Å²) in [7, 11) is 0. The number of carbonyl (C=O) groups is 1. The molecule has 1 saturated heterocycles. The monoisotopic (exact) mass is 286 g/mol. The first-order chi connectivity index (χ1) is 10.2. The highest BCUT2D eigenvalue weighted by Gasteiger charge is 2.27. The SMILES string of the molecule is CC(=O)NCc1cnc([C@H]2CCN(c3ncccn3)C2)[nH]1. The van der Waals surface area contributed by atoms with Gasteiger partial charge in [-0.1, -0.05) is 0 Å². The molecule has 0 unspecified atom stereocenters. The standard InChI is InChI=1S/C14H18N6O/c1-10(21)17-7-12-8-18-13(19-12)11-3-6-20(9-11)14-15-4-2-5-16-14/h2,4-5,8,11H,3,6-7,9H2,1H3,(H,17,21)(H,18,19)/t11-/m0/s1. The first-order valence-electron chi connectivity index (χ1n) is 7.02. The van der Waals surface area contributed by atoms with Crippen LogP contribution >= 0.6 is 0 Å². The van der Waals surface area contributed by atoms with E-state index in [1.165, 1.54) is 6.92 Å². The molecular formula is C14H18N6O. The molecule has 7 nitrogen and oxygen atoms in total. The van der Waals surface area contributed by atoms with Crippen LogP contribution in [0.4, 0.5) is 5.95 Å². The molecule has 3 heterocycles. The molecule has 0 saturated carbocycles. The molecule has 0 aromatic carbocycles. The minimum absolute atomic E-state index is 0.0422. The van der Waals surface area contributed by atoms with Gasteiger partial charge in [-0.05, 0) is 12.5 Å². The van der Waals surface area contributed by atoms with Crippen molar-refractivity contribution in [3.05, 3.63) is 36.2 Å². The number of hydrogen-bond acceptors (Lipinski definition) is 5. The highest BCUT2D eigenvalue weighted by Crippen LogP contribution is 2.27. The van der Waals surface area contributed by atoms with Crippen LogP contribution in [0.25, 0.3) is 0 Å². The van der Waals surface area contributed by atoms with E-state index in [0.29, 0.717) is 12.5 Å². The van der Waals surface area contributed by atoms with E-state index in [-0.39, 0.29) is 5.91 Å². The van der Waals surface area contributed by atoms with Crippen LogP contribution in [-0.2, 0) is 11.3 Å². The lowest BCUT2D eigenvalue weighted by atomic mass is 10.1. The Bertz CT molecular complexity index is 611. The molecule has 1 aliphatic rings. The summed E-state index contributed by atoms with van der Waals surface area (Å²) in [6.07, 6.45) is 6.32. The van der Waals surface area contributed by atoms with Crippen molar-refractivity contribution in [2.24, 2.45) is 0 Å². The number of rotatable bonds is 4. The Hall–Kier alpha value is -2.44. The lowest BCUT2D eigenvalue weighted by Crippen LogP contribution is -2.21. The molecule has 2 aromatic rings. The van der Waals surface area contributed by atoms with E-state index in [1.807, 2.05) is 6.07 Å². The highest BCUT2D eigenvalue weighted by atomic mass is 16.1. The maximum atomic E-state index is 10.9. The summed E-state index contributed by atoms with van der Waals surface area (Å²) in [5.41, 5.74) is 0.926. The van der Waals surface area contributed by atoms with Crippen LogP contribution in [0.5, 0.6) is 0 Å². The topological polar surface area (TPSA) is 86.8 Å². The predicted octanol–water partition coefficient (Wildman–Crippen LogP) is 0.830. The van der Waals surface area contributed by atoms with Crippen LogP contribution in [0.1, 0.15) is 30.8 Å². The fourth-order valence-corrected chi connectivity index (χ4v) is 2.51. The van der Waals surface area contributed by atoms with E-state index >= 15 is 0 Å². The molecule has 7 heteroatoms. The second-order valence-electron chi connectivity index (χ2n) is 5.18. The number of nitrogens with zero attached hydrogens (tertiary/aromatic N) is 4. The van der Waals surface area contributed by atoms with Crippen molar-refractivity contribution < 1.29 is 4.79 Å². The van der Waals surface area contributed by atoms with Gasteiger partial charge in [-0.25, -0.2) is 15.0 Å². The maximum absolute atomic E-state index is 10.9. The van der Waals surface area contributed by atoms with Gasteiger partial charge in [0, 0.05) is 38.3 Å². The predicted molar refractivity (Wildman–Crippen MR) is 77.7 cm³/mol. The number of aromatic nitrogens is 4. The van der Waals surface area contributed by atoms with Gasteiger partial charge in [-0.15, -0.1) is 0 Å². The third-order valence-electron chi connectivity index (χ3n) is 3.59. The minimum atomic E-state index is -0.0422. The van der Waals surface area contributed by atoms with Gasteiger partial charge in [0.1, 0.15) is 5.82 Å². The quantitative estimate of drug-likeness (QED) is 0.869. The van der Waals surface area contributed by atoms with E-state index in [9.17, 15) is 4.79 Å². The Kier molecular flexibility index (Phi) is 3.81. The summed E-state index contributed by atoms with van der Waals surface area (Å²) < 4.78 is 0. The van der Waals surface area contributed by atoms with Gasteiger partial charge in [0.15, 0.2) is 0 Å². The van der Waals surface area contributed by atoms with Crippen molar-refractivity contribution in [1.29, 1.82) is 0 Å². The van der Waals surface area contributed by atoms with Gasteiger partial charge in [-0.2, -0.15) is 0 Å². The zero-order valence-corrected chi connectivity index (χ0v) is 11.9. The number of imidazole rings is 1. The van der Waals surface area contributed by atoms with Crippen molar-refractivity contribution in [1.82, 2.24) is 25.3 Å². The Morgan fingerprint density at radius 1 is 1.43 bits per heavy atom. The molecule has 0 radical (unpaired) electrons. The molecule has 0 aliphatic carbocycles. The molecule has 110 valence electrons. The van der Waals surface area contributed by atoms with E-state index in [2.05, 4.69) is 30.2 Å². The highest BCUT2D eigenvalue weighted by molar-refractivity contribution is 5.72. The zero-order chi connectivity index (χ0) is 14.7. The minimum Gasteiger partial charge on any atom is -0.351 e. The molecule has 21 heavy (non-hydrogen) atoms. The molecule has 0 bridgehead atoms. The average Bonchev–Trinajstić information content (AvgIpc) is 3.15. The Labute approximate surface area is 122 Å². The molecule has 1 amide bonds. The molecule has 2 N–H and O–H groups in total. The van der Waals surface area contributed by atoms with Gasteiger partial charge in [0.2, 0.25) is 11.9 Å². The van der Waals surface area contributed by atoms with Gasteiger partial charge < -0.3 is 15.2 Å². The smallest absolute Gasteiger partial charge is 0.225 e. The van der Waals surface area contributed by atoms with E-state index in [4.69, 9.17) is 0 Å². The van der Waals surface area contributed by atoms with Gasteiger partial charge in [0.25, 0.3) is 0 Å². The molecule has 1 fully saturated rings. The van der Waals surface area contributed by atoms with E-state index < -0.39 is 0 Å². The summed E-state index contributed by atoms with van der Waals surface area (Å²) in [6.45, 7) is 3.78. The third kappa shape index (κ3) is 3.18. The van der Waals surface area contributed by atoms with Crippen LogP contribution in [0.2, 0.25) is 0 Å². The number of carbonyl (C=O) groups excluding carboxylic acids is 1. The van der Waals surface area contributed by atoms with Crippen LogP contribution in [-0.4, -0.2) is 38.9 Å². The largest absolute Gasteiger partial charge is 0.351 e. The summed E-state index contributed by atoms with van der Waals surface area (Å²) in [5, 5.41) is 2.76. The lowest BCUT2D eigenvalue weighted by Gasteiger charge is -2.14. The number of nitrogens with one attached hydrogen (secondary N) is 2. The van der Waals surface area contributed by atoms with Gasteiger partial charge in [-0.3, -0.25) is 4.79 Å². The fraction of sp³-hybridized carbons (Fsp3) is 0.429. The van der Waals surface area contributed by atoms with Crippen molar-refractivity contribution in [3.63, 3.8) is 0 Å². The van der Waals surface area contributed by atoms with Crippen LogP contribution in [0.3, 0.4) is 0 Å². The molecular weight excluding hydrogens is 268 g/mol. The maximum Gasteiger partial charge on any atom is 0.225 e. The first kappa shape index (κ1) is 13.5. The lowest BCUT2D eigenvalue weighted by molar-refractivity contribution is -0.119. The molecule has 1 atom stereocenters. The van der Waals surface area contributed by atoms with Crippen LogP contribution in [0, 0.1) is 0 Å². The number of aromatic amines is 1. The second-order valence-corrected chi connectivity index (χ2v) is 5.18. The van der Waals surface area contributed by atoms with Crippen molar-refractivity contribution >= 4 is 11.9 Å². The number of hydrogen-bond donors (Lipinski definition) is 2. The normalized spacial score (nSPS) is 18.0. The summed E-state index contributed by atoms with van der Waals surface area (Å²) in [6, 6.07) is 1.82. The van der Waals surface area contributed by atoms with E-state index in [0.717, 1.165) is 37.0 Å². The van der Waals surface area contributed by atoms with Crippen molar-refractivity contribution in [2.75, 3.05) is 18.0 Å². The Balaban J connectivity index is 1.62. The van der Waals surface area contributed by atoms with Crippen molar-refractivity contribution in [2.45, 2.75) is 25.8 Å². The van der Waals surface area contributed by atoms with Crippen LogP contribution in [0.15, 0.2) is 24.7 Å². The number of H-pyrrole nitrogens is 1. The fourth-order valence-electron chi connectivity index (χ4n) is 2.51. The van der Waals surface area contributed by atoms with Crippen LogP contribution < -0.4 is 10.2 Å². The summed E-state index contributed by atoms with van der Waals surface area (Å²) in [4.78, 5) is 29.4. The first-order valence-corrected chi connectivity index (χ1v) is 7.02. The summed E-state index contributed by atoms with van der Waals surface area (Å²) >= 11 is 0.